The molecule has 2 aliphatic rings. The number of aromatic carboxylic acids is 1. The fourth-order valence-corrected chi connectivity index (χ4v) is 2.58. The molecule has 6 nitrogen and oxygen atoms in total. The molecule has 104 valence electrons. The first-order valence-electron chi connectivity index (χ1n) is 6.41. The summed E-state index contributed by atoms with van der Waals surface area (Å²) in [4.78, 5) is 36.3. The van der Waals surface area contributed by atoms with Crippen molar-refractivity contribution in [3.05, 3.63) is 34.9 Å². The second-order valence-electron chi connectivity index (χ2n) is 4.90. The Bertz CT molecular complexity index is 604. The lowest BCUT2D eigenvalue weighted by Gasteiger charge is -2.17. The summed E-state index contributed by atoms with van der Waals surface area (Å²) in [6.45, 7) is 0.857. The van der Waals surface area contributed by atoms with Gasteiger partial charge in [0.2, 0.25) is 0 Å². The van der Waals surface area contributed by atoms with Crippen LogP contribution in [0.2, 0.25) is 0 Å². The third kappa shape index (κ3) is 1.98. The number of amides is 2. The zero-order chi connectivity index (χ0) is 14.3. The van der Waals surface area contributed by atoms with Crippen molar-refractivity contribution >= 4 is 17.8 Å². The van der Waals surface area contributed by atoms with Gasteiger partial charge in [0, 0.05) is 6.61 Å². The summed E-state index contributed by atoms with van der Waals surface area (Å²) in [6, 6.07) is 3.82. The molecular formula is C14H12NO5-. The monoisotopic (exact) mass is 274 g/mol. The van der Waals surface area contributed by atoms with E-state index in [9.17, 15) is 19.5 Å². The highest BCUT2D eigenvalue weighted by atomic mass is 16.5. The predicted molar refractivity (Wildman–Crippen MR) is 65.1 cm³/mol. The zero-order valence-electron chi connectivity index (χ0n) is 10.6. The molecule has 2 heterocycles. The van der Waals surface area contributed by atoms with Crippen LogP contribution in [0.5, 0.6) is 0 Å². The Hall–Kier alpha value is -2.21. The van der Waals surface area contributed by atoms with Crippen molar-refractivity contribution in [1.82, 2.24) is 4.90 Å². The van der Waals surface area contributed by atoms with Crippen molar-refractivity contribution in [1.29, 1.82) is 0 Å². The molecule has 1 atom stereocenters. The van der Waals surface area contributed by atoms with Gasteiger partial charge in [0.1, 0.15) is 0 Å². The molecule has 1 aromatic rings. The predicted octanol–water partition coefficient (Wildman–Crippen LogP) is -0.175. The number of carboxylic acids is 1. The lowest BCUT2D eigenvalue weighted by atomic mass is 10.1. The number of benzene rings is 1. The summed E-state index contributed by atoms with van der Waals surface area (Å²) in [5.74, 6) is -2.24. The second kappa shape index (κ2) is 4.72. The maximum Gasteiger partial charge on any atom is 0.261 e. The van der Waals surface area contributed by atoms with Gasteiger partial charge in [-0.15, -0.1) is 0 Å². The SMILES string of the molecule is O=C([O-])c1ccc2c(c1)C(=O)N(C[C@@H]1CCCO1)C2=O. The molecular weight excluding hydrogens is 262 g/mol. The van der Waals surface area contributed by atoms with Gasteiger partial charge in [0.25, 0.3) is 11.8 Å². The van der Waals surface area contributed by atoms with Crippen molar-refractivity contribution in [2.24, 2.45) is 0 Å². The van der Waals surface area contributed by atoms with E-state index in [-0.39, 0.29) is 29.3 Å². The maximum absolute atomic E-state index is 12.2. The Balaban J connectivity index is 1.88. The van der Waals surface area contributed by atoms with Crippen LogP contribution in [-0.2, 0) is 4.74 Å². The largest absolute Gasteiger partial charge is 0.545 e. The molecule has 20 heavy (non-hydrogen) atoms. The minimum Gasteiger partial charge on any atom is -0.545 e. The number of imide groups is 1. The van der Waals surface area contributed by atoms with Crippen molar-refractivity contribution in [2.45, 2.75) is 18.9 Å². The van der Waals surface area contributed by atoms with Crippen LogP contribution in [0, 0.1) is 0 Å². The molecule has 0 aliphatic carbocycles. The number of nitrogens with zero attached hydrogens (tertiary/aromatic N) is 1. The van der Waals surface area contributed by atoms with E-state index in [1.807, 2.05) is 0 Å². The lowest BCUT2D eigenvalue weighted by Crippen LogP contribution is -2.36. The number of carboxylic acid groups (broad SMARTS) is 1. The van der Waals surface area contributed by atoms with Gasteiger partial charge in [-0.2, -0.15) is 0 Å². The highest BCUT2D eigenvalue weighted by molar-refractivity contribution is 6.21. The average molecular weight is 274 g/mol. The molecule has 0 aromatic heterocycles. The average Bonchev–Trinajstić information content (AvgIpc) is 3.02. The van der Waals surface area contributed by atoms with E-state index in [2.05, 4.69) is 0 Å². The standard InChI is InChI=1S/C14H13NO5/c16-12-10-4-3-8(14(18)19)6-11(10)13(17)15(12)7-9-2-1-5-20-9/h3-4,6,9H,1-2,5,7H2,(H,18,19)/p-1/t9-/m0/s1. The lowest BCUT2D eigenvalue weighted by molar-refractivity contribution is -0.255. The van der Waals surface area contributed by atoms with Gasteiger partial charge in [-0.3, -0.25) is 14.5 Å². The number of hydrogen-bond donors (Lipinski definition) is 0. The van der Waals surface area contributed by atoms with Gasteiger partial charge in [0.15, 0.2) is 0 Å². The third-order valence-electron chi connectivity index (χ3n) is 3.62. The molecule has 6 heteroatoms. The van der Waals surface area contributed by atoms with E-state index in [1.165, 1.54) is 18.2 Å². The highest BCUT2D eigenvalue weighted by Crippen LogP contribution is 2.25. The van der Waals surface area contributed by atoms with Crippen molar-refractivity contribution in [2.75, 3.05) is 13.2 Å². The molecule has 2 amide bonds. The van der Waals surface area contributed by atoms with E-state index in [1.54, 1.807) is 0 Å². The van der Waals surface area contributed by atoms with Crippen molar-refractivity contribution < 1.29 is 24.2 Å². The second-order valence-corrected chi connectivity index (χ2v) is 4.90. The fourth-order valence-electron chi connectivity index (χ4n) is 2.58. The smallest absolute Gasteiger partial charge is 0.261 e. The van der Waals surface area contributed by atoms with Gasteiger partial charge in [-0.1, -0.05) is 6.07 Å². The molecule has 3 rings (SSSR count). The van der Waals surface area contributed by atoms with Crippen LogP contribution in [0.15, 0.2) is 18.2 Å². The topological polar surface area (TPSA) is 86.7 Å². The first kappa shape index (κ1) is 12.8. The quantitative estimate of drug-likeness (QED) is 0.714. The Kier molecular flexibility index (Phi) is 3.02. The number of fused-ring (bicyclic) bond motifs is 1. The number of ether oxygens (including phenoxy) is 1. The van der Waals surface area contributed by atoms with Gasteiger partial charge in [-0.25, -0.2) is 0 Å². The summed E-state index contributed by atoms with van der Waals surface area (Å²) in [6.07, 6.45) is 1.61. The summed E-state index contributed by atoms with van der Waals surface area (Å²) in [5.41, 5.74) is 0.247. The van der Waals surface area contributed by atoms with E-state index in [4.69, 9.17) is 4.74 Å². The number of carbonyl (C=O) groups excluding carboxylic acids is 3. The van der Waals surface area contributed by atoms with Gasteiger partial charge < -0.3 is 14.6 Å². The van der Waals surface area contributed by atoms with E-state index >= 15 is 0 Å². The van der Waals surface area contributed by atoms with Crippen LogP contribution < -0.4 is 5.11 Å². The van der Waals surface area contributed by atoms with E-state index < -0.39 is 17.8 Å². The molecule has 0 saturated carbocycles. The van der Waals surface area contributed by atoms with Crippen LogP contribution in [0.3, 0.4) is 0 Å². The van der Waals surface area contributed by atoms with Gasteiger partial charge in [0.05, 0.1) is 29.7 Å². The molecule has 0 spiro atoms. The number of hydrogen-bond acceptors (Lipinski definition) is 5. The Morgan fingerprint density at radius 3 is 2.70 bits per heavy atom. The van der Waals surface area contributed by atoms with Crippen LogP contribution in [0.1, 0.15) is 43.9 Å². The minimum absolute atomic E-state index is 0.108. The van der Waals surface area contributed by atoms with Gasteiger partial charge in [-0.05, 0) is 30.5 Å². The Morgan fingerprint density at radius 1 is 1.30 bits per heavy atom. The molecule has 2 aliphatic heterocycles. The van der Waals surface area contributed by atoms with Gasteiger partial charge >= 0.3 is 0 Å². The first-order chi connectivity index (χ1) is 9.58. The number of rotatable bonds is 3. The molecule has 0 N–H and O–H groups in total. The van der Waals surface area contributed by atoms with Crippen molar-refractivity contribution in [3.8, 4) is 0 Å². The molecule has 0 unspecified atom stereocenters. The molecule has 1 saturated heterocycles. The van der Waals surface area contributed by atoms with Crippen LogP contribution in [-0.4, -0.2) is 41.9 Å². The molecule has 0 bridgehead atoms. The number of carbonyl (C=O) groups is 3. The Morgan fingerprint density at radius 2 is 2.05 bits per heavy atom. The molecule has 1 aromatic carbocycles. The summed E-state index contributed by atoms with van der Waals surface area (Å²) in [5, 5.41) is 10.8. The summed E-state index contributed by atoms with van der Waals surface area (Å²) in [7, 11) is 0. The summed E-state index contributed by atoms with van der Waals surface area (Å²) >= 11 is 0. The molecule has 0 radical (unpaired) electrons. The summed E-state index contributed by atoms with van der Waals surface area (Å²) < 4.78 is 5.42. The fraction of sp³-hybridized carbons (Fsp3) is 0.357. The van der Waals surface area contributed by atoms with E-state index in [0.717, 1.165) is 17.7 Å². The zero-order valence-corrected chi connectivity index (χ0v) is 10.6. The van der Waals surface area contributed by atoms with Crippen LogP contribution >= 0.6 is 0 Å². The van der Waals surface area contributed by atoms with Crippen LogP contribution in [0.25, 0.3) is 0 Å². The minimum atomic E-state index is -1.37. The molecule has 1 fully saturated rings. The van der Waals surface area contributed by atoms with E-state index in [0.29, 0.717) is 6.61 Å². The van der Waals surface area contributed by atoms with Crippen molar-refractivity contribution in [3.63, 3.8) is 0 Å². The Labute approximate surface area is 114 Å². The third-order valence-corrected chi connectivity index (χ3v) is 3.62. The maximum atomic E-state index is 12.2. The highest BCUT2D eigenvalue weighted by Gasteiger charge is 2.37. The van der Waals surface area contributed by atoms with Crippen LogP contribution in [0.4, 0.5) is 0 Å². The first-order valence-corrected chi connectivity index (χ1v) is 6.41. The normalized spacial score (nSPS) is 21.4.